The van der Waals surface area contributed by atoms with Gasteiger partial charge in [-0.1, -0.05) is 35.7 Å². The molecule has 1 aliphatic carbocycles. The minimum Gasteiger partial charge on any atom is -0.334 e. The maximum Gasteiger partial charge on any atom is 0.257 e. The third kappa shape index (κ3) is 1.93. The Bertz CT molecular complexity index is 538. The van der Waals surface area contributed by atoms with Crippen LogP contribution < -0.4 is 5.73 Å². The lowest BCUT2D eigenvalue weighted by atomic mass is 9.99. The van der Waals surface area contributed by atoms with Crippen LogP contribution in [0.4, 0.5) is 0 Å². The molecule has 0 bridgehead atoms. The topological polar surface area (TPSA) is 64.9 Å². The molecule has 4 heteroatoms. The van der Waals surface area contributed by atoms with Gasteiger partial charge in [0.2, 0.25) is 0 Å². The molecule has 0 unspecified atom stereocenters. The number of hydrogen-bond acceptors (Lipinski definition) is 4. The first-order valence-electron chi connectivity index (χ1n) is 6.37. The van der Waals surface area contributed by atoms with Crippen LogP contribution in [0.25, 0.3) is 11.5 Å². The summed E-state index contributed by atoms with van der Waals surface area (Å²) in [5, 5.41) is 4.06. The number of aromatic nitrogens is 2. The summed E-state index contributed by atoms with van der Waals surface area (Å²) in [7, 11) is 0. The van der Waals surface area contributed by atoms with Crippen molar-refractivity contribution < 1.29 is 4.52 Å². The smallest absolute Gasteiger partial charge is 0.257 e. The average molecular weight is 243 g/mol. The van der Waals surface area contributed by atoms with Gasteiger partial charge in [-0.3, -0.25) is 0 Å². The van der Waals surface area contributed by atoms with E-state index in [-0.39, 0.29) is 5.54 Å². The quantitative estimate of drug-likeness (QED) is 0.880. The molecule has 1 saturated carbocycles. The van der Waals surface area contributed by atoms with Gasteiger partial charge in [0, 0.05) is 5.56 Å². The molecule has 4 nitrogen and oxygen atoms in total. The first kappa shape index (κ1) is 11.4. The fourth-order valence-electron chi connectivity index (χ4n) is 2.47. The lowest BCUT2D eigenvalue weighted by Gasteiger charge is -2.17. The molecule has 0 aliphatic heterocycles. The molecule has 0 atom stereocenters. The van der Waals surface area contributed by atoms with Gasteiger partial charge in [-0.05, 0) is 31.9 Å². The van der Waals surface area contributed by atoms with Gasteiger partial charge in [-0.15, -0.1) is 0 Å². The van der Waals surface area contributed by atoms with Gasteiger partial charge < -0.3 is 10.3 Å². The standard InChI is InChI=1S/C14H17N3O/c1-10-4-6-11(7-5-10)12-16-13(17-18-12)14(15)8-2-3-9-14/h4-7H,2-3,8-9,15H2,1H3. The molecule has 1 aromatic heterocycles. The van der Waals surface area contributed by atoms with Crippen molar-refractivity contribution in [3.63, 3.8) is 0 Å². The minimum atomic E-state index is -0.382. The summed E-state index contributed by atoms with van der Waals surface area (Å²) in [4.78, 5) is 4.46. The maximum absolute atomic E-state index is 6.31. The number of nitrogens with zero attached hydrogens (tertiary/aromatic N) is 2. The van der Waals surface area contributed by atoms with Gasteiger partial charge in [0.1, 0.15) is 0 Å². The number of rotatable bonds is 2. The van der Waals surface area contributed by atoms with Crippen molar-refractivity contribution in [3.8, 4) is 11.5 Å². The monoisotopic (exact) mass is 243 g/mol. The van der Waals surface area contributed by atoms with Crippen LogP contribution in [0.2, 0.25) is 0 Å². The summed E-state index contributed by atoms with van der Waals surface area (Å²) >= 11 is 0. The Hall–Kier alpha value is -1.68. The number of aryl methyl sites for hydroxylation is 1. The molecule has 94 valence electrons. The van der Waals surface area contributed by atoms with E-state index >= 15 is 0 Å². The van der Waals surface area contributed by atoms with Gasteiger partial charge in [-0.25, -0.2) is 0 Å². The molecule has 0 saturated heterocycles. The van der Waals surface area contributed by atoms with E-state index in [1.807, 2.05) is 24.3 Å². The van der Waals surface area contributed by atoms with Crippen LogP contribution in [0.15, 0.2) is 28.8 Å². The molecule has 0 radical (unpaired) electrons. The van der Waals surface area contributed by atoms with Crippen LogP contribution in [0.1, 0.15) is 37.1 Å². The predicted octanol–water partition coefficient (Wildman–Crippen LogP) is 2.77. The Labute approximate surface area is 106 Å². The van der Waals surface area contributed by atoms with E-state index in [1.165, 1.54) is 5.56 Å². The van der Waals surface area contributed by atoms with E-state index in [2.05, 4.69) is 17.1 Å². The molecule has 1 aliphatic rings. The van der Waals surface area contributed by atoms with Gasteiger partial charge in [0.05, 0.1) is 5.54 Å². The van der Waals surface area contributed by atoms with Gasteiger partial charge in [-0.2, -0.15) is 4.98 Å². The van der Waals surface area contributed by atoms with E-state index < -0.39 is 0 Å². The van der Waals surface area contributed by atoms with Crippen LogP contribution >= 0.6 is 0 Å². The Morgan fingerprint density at radius 3 is 2.50 bits per heavy atom. The molecule has 1 heterocycles. The molecule has 0 spiro atoms. The SMILES string of the molecule is Cc1ccc(-c2nc(C3(N)CCCC3)no2)cc1. The van der Waals surface area contributed by atoms with E-state index in [0.29, 0.717) is 11.7 Å². The fraction of sp³-hybridized carbons (Fsp3) is 0.429. The highest BCUT2D eigenvalue weighted by Gasteiger charge is 2.36. The van der Waals surface area contributed by atoms with Gasteiger partial charge in [0.15, 0.2) is 5.82 Å². The predicted molar refractivity (Wildman–Crippen MR) is 68.8 cm³/mol. The summed E-state index contributed by atoms with van der Waals surface area (Å²) in [6.07, 6.45) is 4.18. The number of hydrogen-bond donors (Lipinski definition) is 1. The zero-order valence-corrected chi connectivity index (χ0v) is 10.5. The molecule has 3 rings (SSSR count). The zero-order chi connectivity index (χ0) is 12.6. The molecule has 0 amide bonds. The summed E-state index contributed by atoms with van der Waals surface area (Å²) in [6.45, 7) is 2.05. The van der Waals surface area contributed by atoms with E-state index in [0.717, 1.165) is 31.2 Å². The van der Waals surface area contributed by atoms with Crippen LogP contribution in [-0.4, -0.2) is 10.1 Å². The van der Waals surface area contributed by atoms with Crippen molar-refractivity contribution in [1.82, 2.24) is 10.1 Å². The highest BCUT2D eigenvalue weighted by molar-refractivity contribution is 5.53. The highest BCUT2D eigenvalue weighted by atomic mass is 16.5. The normalized spacial score (nSPS) is 18.1. The van der Waals surface area contributed by atoms with Crippen LogP contribution in [0.3, 0.4) is 0 Å². The molecule has 1 fully saturated rings. The van der Waals surface area contributed by atoms with Crippen LogP contribution in [0, 0.1) is 6.92 Å². The average Bonchev–Trinajstić information content (AvgIpc) is 2.99. The summed E-state index contributed by atoms with van der Waals surface area (Å²) in [6, 6.07) is 8.05. The maximum atomic E-state index is 6.31. The molecular weight excluding hydrogens is 226 g/mol. The van der Waals surface area contributed by atoms with Crippen molar-refractivity contribution in [2.75, 3.05) is 0 Å². The van der Waals surface area contributed by atoms with Crippen molar-refractivity contribution in [3.05, 3.63) is 35.7 Å². The van der Waals surface area contributed by atoms with Crippen molar-refractivity contribution in [1.29, 1.82) is 0 Å². The molecular formula is C14H17N3O. The molecule has 18 heavy (non-hydrogen) atoms. The lowest BCUT2D eigenvalue weighted by molar-refractivity contribution is 0.372. The summed E-state index contributed by atoms with van der Waals surface area (Å²) in [5.41, 5.74) is 8.09. The first-order valence-corrected chi connectivity index (χ1v) is 6.37. The van der Waals surface area contributed by atoms with Gasteiger partial charge in [0.25, 0.3) is 5.89 Å². The first-order chi connectivity index (χ1) is 8.67. The van der Waals surface area contributed by atoms with Crippen LogP contribution in [0.5, 0.6) is 0 Å². The zero-order valence-electron chi connectivity index (χ0n) is 10.5. The summed E-state index contributed by atoms with van der Waals surface area (Å²) in [5.74, 6) is 1.21. The minimum absolute atomic E-state index is 0.382. The molecule has 2 N–H and O–H groups in total. The Balaban J connectivity index is 1.91. The largest absolute Gasteiger partial charge is 0.334 e. The van der Waals surface area contributed by atoms with Crippen molar-refractivity contribution >= 4 is 0 Å². The van der Waals surface area contributed by atoms with Crippen molar-refractivity contribution in [2.45, 2.75) is 38.1 Å². The van der Waals surface area contributed by atoms with Crippen molar-refractivity contribution in [2.24, 2.45) is 5.73 Å². The second kappa shape index (κ2) is 4.21. The number of benzene rings is 1. The second-order valence-corrected chi connectivity index (χ2v) is 5.15. The molecule has 2 aromatic rings. The Kier molecular flexibility index (Phi) is 2.67. The van der Waals surface area contributed by atoms with E-state index in [1.54, 1.807) is 0 Å². The van der Waals surface area contributed by atoms with Gasteiger partial charge >= 0.3 is 0 Å². The van der Waals surface area contributed by atoms with E-state index in [4.69, 9.17) is 10.3 Å². The lowest BCUT2D eigenvalue weighted by Crippen LogP contribution is -2.34. The second-order valence-electron chi connectivity index (χ2n) is 5.15. The number of nitrogens with two attached hydrogens (primary N) is 1. The summed E-state index contributed by atoms with van der Waals surface area (Å²) < 4.78 is 5.33. The highest BCUT2D eigenvalue weighted by Crippen LogP contribution is 2.35. The molecule has 1 aromatic carbocycles. The Morgan fingerprint density at radius 2 is 1.83 bits per heavy atom. The fourth-order valence-corrected chi connectivity index (χ4v) is 2.47. The van der Waals surface area contributed by atoms with E-state index in [9.17, 15) is 0 Å². The Morgan fingerprint density at radius 1 is 1.17 bits per heavy atom. The van der Waals surface area contributed by atoms with Crippen LogP contribution in [-0.2, 0) is 5.54 Å². The third-order valence-corrected chi connectivity index (χ3v) is 3.67. The third-order valence-electron chi connectivity index (χ3n) is 3.67.